The van der Waals surface area contributed by atoms with Crippen molar-refractivity contribution in [3.8, 4) is 0 Å². The van der Waals surface area contributed by atoms with Gasteiger partial charge in [0.15, 0.2) is 6.61 Å². The van der Waals surface area contributed by atoms with Crippen LogP contribution in [0.3, 0.4) is 0 Å². The molecule has 1 aliphatic heterocycles. The van der Waals surface area contributed by atoms with Crippen molar-refractivity contribution in [1.29, 1.82) is 0 Å². The Morgan fingerprint density at radius 1 is 1.50 bits per heavy atom. The third-order valence-corrected chi connectivity index (χ3v) is 2.29. The van der Waals surface area contributed by atoms with Crippen molar-refractivity contribution in [2.24, 2.45) is 11.8 Å². The first-order valence-corrected chi connectivity index (χ1v) is 4.03. The molecule has 0 aliphatic carbocycles. The van der Waals surface area contributed by atoms with Crippen molar-refractivity contribution in [3.05, 3.63) is 0 Å². The molecule has 0 amide bonds. The predicted molar refractivity (Wildman–Crippen MR) is 40.9 cm³/mol. The topological polar surface area (TPSA) is 33.0 Å². The Labute approximate surface area is 62.2 Å². The van der Waals surface area contributed by atoms with Crippen LogP contribution < -0.4 is 0 Å². The van der Waals surface area contributed by atoms with Gasteiger partial charge >= 0.3 is 0 Å². The first-order chi connectivity index (χ1) is 4.72. The van der Waals surface area contributed by atoms with Crippen LogP contribution in [0.2, 0.25) is 0 Å². The van der Waals surface area contributed by atoms with Crippen molar-refractivity contribution in [1.82, 2.24) is 0 Å². The summed E-state index contributed by atoms with van der Waals surface area (Å²) in [5.74, 6) is 1.09. The van der Waals surface area contributed by atoms with Crippen molar-refractivity contribution < 1.29 is 9.84 Å². The van der Waals surface area contributed by atoms with Gasteiger partial charge in [-0.2, -0.15) is 0 Å². The Hall–Kier alpha value is -0.0800. The van der Waals surface area contributed by atoms with E-state index >= 15 is 0 Å². The van der Waals surface area contributed by atoms with Gasteiger partial charge in [-0.25, -0.2) is 0 Å². The van der Waals surface area contributed by atoms with Gasteiger partial charge in [0.05, 0.1) is 0 Å². The molecule has 2 nitrogen and oxygen atoms in total. The van der Waals surface area contributed by atoms with Crippen LogP contribution in [-0.4, -0.2) is 29.2 Å². The zero-order valence-corrected chi connectivity index (χ0v) is 6.75. The molecule has 0 spiro atoms. The SMILES string of the molecule is CC(C)C1CC[OH+]CC1O. The molecule has 0 aromatic carbocycles. The Morgan fingerprint density at radius 3 is 2.60 bits per heavy atom. The summed E-state index contributed by atoms with van der Waals surface area (Å²) in [6.45, 7) is 5.93. The summed E-state index contributed by atoms with van der Waals surface area (Å²) in [4.78, 5) is 0. The van der Waals surface area contributed by atoms with Crippen LogP contribution in [0, 0.1) is 11.8 Å². The molecule has 1 rings (SSSR count). The van der Waals surface area contributed by atoms with Crippen LogP contribution in [0.4, 0.5) is 0 Å². The first kappa shape index (κ1) is 8.02. The Balaban J connectivity index is 2.40. The molecule has 2 unspecified atom stereocenters. The lowest BCUT2D eigenvalue weighted by Crippen LogP contribution is -2.37. The van der Waals surface area contributed by atoms with Crippen molar-refractivity contribution in [2.75, 3.05) is 13.2 Å². The molecular formula is C8H17O2+. The standard InChI is InChI=1S/C8H16O2/c1-6(2)7-3-4-10-5-8(7)9/h6-9H,3-5H2,1-2H3/p+1. The minimum Gasteiger partial charge on any atom is -0.432 e. The molecule has 60 valence electrons. The first-order valence-electron chi connectivity index (χ1n) is 4.03. The lowest BCUT2D eigenvalue weighted by molar-refractivity contribution is -0.148. The fourth-order valence-electron chi connectivity index (χ4n) is 1.57. The van der Waals surface area contributed by atoms with E-state index in [4.69, 9.17) is 0 Å². The molecule has 0 bridgehead atoms. The maximum Gasteiger partial charge on any atom is 0.171 e. The minimum atomic E-state index is -0.172. The van der Waals surface area contributed by atoms with E-state index in [-0.39, 0.29) is 6.10 Å². The Kier molecular flexibility index (Phi) is 2.69. The fourth-order valence-corrected chi connectivity index (χ4v) is 1.57. The fraction of sp³-hybridized carbons (Fsp3) is 1.00. The van der Waals surface area contributed by atoms with E-state index in [0.29, 0.717) is 18.4 Å². The monoisotopic (exact) mass is 145 g/mol. The maximum atomic E-state index is 9.45. The molecular weight excluding hydrogens is 128 g/mol. The van der Waals surface area contributed by atoms with Gasteiger partial charge in [-0.15, -0.1) is 0 Å². The third kappa shape index (κ3) is 1.70. The highest BCUT2D eigenvalue weighted by Crippen LogP contribution is 2.22. The lowest BCUT2D eigenvalue weighted by Gasteiger charge is -2.27. The number of aliphatic hydroxyl groups excluding tert-OH is 1. The third-order valence-electron chi connectivity index (χ3n) is 2.29. The summed E-state index contributed by atoms with van der Waals surface area (Å²) in [7, 11) is 0. The molecule has 1 heterocycles. The van der Waals surface area contributed by atoms with Crippen molar-refractivity contribution in [3.63, 3.8) is 0 Å². The van der Waals surface area contributed by atoms with Crippen molar-refractivity contribution in [2.45, 2.75) is 26.4 Å². The van der Waals surface area contributed by atoms with Gasteiger partial charge in [0.1, 0.15) is 12.7 Å². The average molecular weight is 145 g/mol. The van der Waals surface area contributed by atoms with Gasteiger partial charge in [0, 0.05) is 12.3 Å². The van der Waals surface area contributed by atoms with E-state index < -0.39 is 0 Å². The molecule has 2 N–H and O–H groups in total. The molecule has 2 heteroatoms. The minimum absolute atomic E-state index is 0.172. The summed E-state index contributed by atoms with van der Waals surface area (Å²) in [6.07, 6.45) is 0.896. The number of ether oxygens (including phenoxy) is 1. The van der Waals surface area contributed by atoms with Gasteiger partial charge in [-0.3, -0.25) is 0 Å². The van der Waals surface area contributed by atoms with Crippen LogP contribution in [0.25, 0.3) is 0 Å². The van der Waals surface area contributed by atoms with Crippen LogP contribution in [-0.2, 0) is 0 Å². The predicted octanol–water partition coefficient (Wildman–Crippen LogP) is 0.551. The van der Waals surface area contributed by atoms with Gasteiger partial charge in [0.2, 0.25) is 0 Å². The van der Waals surface area contributed by atoms with Crippen LogP contribution in [0.5, 0.6) is 0 Å². The second kappa shape index (κ2) is 3.35. The number of aliphatic hydroxyl groups is 3. The van der Waals surface area contributed by atoms with Gasteiger partial charge < -0.3 is 9.84 Å². The van der Waals surface area contributed by atoms with Gasteiger partial charge in [0.25, 0.3) is 0 Å². The van der Waals surface area contributed by atoms with Crippen LogP contribution >= 0.6 is 0 Å². The zero-order valence-electron chi connectivity index (χ0n) is 6.75. The smallest absolute Gasteiger partial charge is 0.171 e. The summed E-state index contributed by atoms with van der Waals surface area (Å²) in [6, 6.07) is 0. The highest BCUT2D eigenvalue weighted by atomic mass is 16.5. The highest BCUT2D eigenvalue weighted by molar-refractivity contribution is 4.74. The molecule has 1 saturated heterocycles. The molecule has 0 aromatic rings. The maximum absolute atomic E-state index is 9.45. The molecule has 0 saturated carbocycles. The summed E-state index contributed by atoms with van der Waals surface area (Å²) in [5.41, 5.74) is 0. The second-order valence-electron chi connectivity index (χ2n) is 3.39. The van der Waals surface area contributed by atoms with Crippen LogP contribution in [0.15, 0.2) is 0 Å². The van der Waals surface area contributed by atoms with E-state index in [2.05, 4.69) is 18.6 Å². The normalized spacial score (nSPS) is 34.8. The molecule has 1 aliphatic rings. The Bertz CT molecular complexity index is 101. The quantitative estimate of drug-likeness (QED) is 0.537. The van der Waals surface area contributed by atoms with Crippen molar-refractivity contribution >= 4 is 0 Å². The largest absolute Gasteiger partial charge is 0.432 e. The van der Waals surface area contributed by atoms with E-state index in [1.165, 1.54) is 0 Å². The summed E-state index contributed by atoms with van der Waals surface area (Å²) < 4.78 is 4.14. The average Bonchev–Trinajstić information content (AvgIpc) is 1.88. The molecule has 0 aromatic heterocycles. The highest BCUT2D eigenvalue weighted by Gasteiger charge is 2.28. The van der Waals surface area contributed by atoms with E-state index in [1.54, 1.807) is 0 Å². The number of rotatable bonds is 1. The summed E-state index contributed by atoms with van der Waals surface area (Å²) >= 11 is 0. The van der Waals surface area contributed by atoms with Gasteiger partial charge in [-0.1, -0.05) is 13.8 Å². The molecule has 1 fully saturated rings. The summed E-state index contributed by atoms with van der Waals surface area (Å²) in [5, 5.41) is 9.45. The molecule has 2 atom stereocenters. The van der Waals surface area contributed by atoms with E-state index in [9.17, 15) is 5.11 Å². The molecule has 0 radical (unpaired) electrons. The Morgan fingerprint density at radius 2 is 2.20 bits per heavy atom. The number of hydrogen-bond donors (Lipinski definition) is 1. The van der Waals surface area contributed by atoms with Gasteiger partial charge in [-0.05, 0) is 5.92 Å². The molecule has 10 heavy (non-hydrogen) atoms. The van der Waals surface area contributed by atoms with Crippen LogP contribution in [0.1, 0.15) is 20.3 Å². The lowest BCUT2D eigenvalue weighted by atomic mass is 9.87. The van der Waals surface area contributed by atoms with E-state index in [1.807, 2.05) is 0 Å². The van der Waals surface area contributed by atoms with E-state index in [0.717, 1.165) is 13.0 Å². The second-order valence-corrected chi connectivity index (χ2v) is 3.39. The zero-order chi connectivity index (χ0) is 7.56. The number of hydrogen-bond acceptors (Lipinski definition) is 1.